The van der Waals surface area contributed by atoms with Gasteiger partial charge in [-0.15, -0.1) is 12.4 Å². The van der Waals surface area contributed by atoms with Crippen molar-refractivity contribution in [2.24, 2.45) is 11.1 Å². The summed E-state index contributed by atoms with van der Waals surface area (Å²) < 4.78 is 0. The maximum atomic E-state index is 5.50. The zero-order chi connectivity index (χ0) is 4.78. The maximum absolute atomic E-state index is 5.50. The van der Waals surface area contributed by atoms with Crippen LogP contribution in [0.1, 0.15) is 20.3 Å². The second-order valence-electron chi connectivity index (χ2n) is 2.80. The van der Waals surface area contributed by atoms with Crippen molar-refractivity contribution in [3.63, 3.8) is 0 Å². The van der Waals surface area contributed by atoms with Gasteiger partial charge in [-0.2, -0.15) is 0 Å². The normalized spacial score (nSPS) is 33.9. The van der Waals surface area contributed by atoms with E-state index in [1.165, 1.54) is 6.42 Å². The standard InChI is InChI=1S/C5H11N.ClH/c1-5(2)3-4(5)6;/h4H,3,6H2,1-2H3;1H/t4-;/m0./s1. The molecule has 0 heterocycles. The first kappa shape index (κ1) is 7.25. The monoisotopic (exact) mass is 121 g/mol. The highest BCUT2D eigenvalue weighted by atomic mass is 35.5. The van der Waals surface area contributed by atoms with E-state index in [-0.39, 0.29) is 12.4 Å². The molecule has 2 N–H and O–H groups in total. The van der Waals surface area contributed by atoms with Crippen molar-refractivity contribution < 1.29 is 0 Å². The van der Waals surface area contributed by atoms with E-state index >= 15 is 0 Å². The molecule has 44 valence electrons. The second-order valence-corrected chi connectivity index (χ2v) is 2.80. The number of halogens is 1. The van der Waals surface area contributed by atoms with Crippen LogP contribution < -0.4 is 5.73 Å². The van der Waals surface area contributed by atoms with Crippen LogP contribution in [0.15, 0.2) is 0 Å². The maximum Gasteiger partial charge on any atom is 0.00965 e. The first-order chi connectivity index (χ1) is 2.63. The molecule has 1 nitrogen and oxygen atoms in total. The smallest absolute Gasteiger partial charge is 0.00965 e. The molecule has 0 radical (unpaired) electrons. The molecular formula is C5H12ClN. The van der Waals surface area contributed by atoms with Crippen molar-refractivity contribution >= 4 is 12.4 Å². The summed E-state index contributed by atoms with van der Waals surface area (Å²) in [6.07, 6.45) is 1.22. The fraction of sp³-hybridized carbons (Fsp3) is 1.00. The lowest BCUT2D eigenvalue weighted by atomic mass is 10.2. The third-order valence-electron chi connectivity index (χ3n) is 1.59. The minimum absolute atomic E-state index is 0. The zero-order valence-electron chi connectivity index (χ0n) is 4.77. The average Bonchev–Trinajstić information content (AvgIpc) is 1.73. The highest BCUT2D eigenvalue weighted by Crippen LogP contribution is 2.42. The van der Waals surface area contributed by atoms with Crippen LogP contribution >= 0.6 is 12.4 Å². The van der Waals surface area contributed by atoms with Gasteiger partial charge in [-0.25, -0.2) is 0 Å². The number of nitrogens with two attached hydrogens (primary N) is 1. The third-order valence-corrected chi connectivity index (χ3v) is 1.59. The van der Waals surface area contributed by atoms with Gasteiger partial charge < -0.3 is 5.73 Å². The summed E-state index contributed by atoms with van der Waals surface area (Å²) in [4.78, 5) is 0. The number of hydrogen-bond acceptors (Lipinski definition) is 1. The molecule has 0 aromatic heterocycles. The number of hydrogen-bond donors (Lipinski definition) is 1. The van der Waals surface area contributed by atoms with Crippen LogP contribution in [-0.4, -0.2) is 6.04 Å². The summed E-state index contributed by atoms with van der Waals surface area (Å²) in [6, 6.07) is 0.498. The van der Waals surface area contributed by atoms with E-state index in [1.54, 1.807) is 0 Å². The Bertz CT molecular complexity index is 70.5. The topological polar surface area (TPSA) is 26.0 Å². The Morgan fingerprint density at radius 3 is 1.71 bits per heavy atom. The first-order valence-corrected chi connectivity index (χ1v) is 2.38. The highest BCUT2D eigenvalue weighted by molar-refractivity contribution is 5.85. The Morgan fingerprint density at radius 2 is 1.71 bits per heavy atom. The van der Waals surface area contributed by atoms with Gasteiger partial charge >= 0.3 is 0 Å². The van der Waals surface area contributed by atoms with Crippen molar-refractivity contribution in [3.8, 4) is 0 Å². The van der Waals surface area contributed by atoms with E-state index in [2.05, 4.69) is 13.8 Å². The molecule has 1 aliphatic carbocycles. The van der Waals surface area contributed by atoms with E-state index in [4.69, 9.17) is 5.73 Å². The van der Waals surface area contributed by atoms with Crippen LogP contribution in [0, 0.1) is 5.41 Å². The quantitative estimate of drug-likeness (QED) is 0.512. The van der Waals surface area contributed by atoms with Crippen molar-refractivity contribution in [1.29, 1.82) is 0 Å². The predicted molar refractivity (Wildman–Crippen MR) is 33.6 cm³/mol. The lowest BCUT2D eigenvalue weighted by Gasteiger charge is -1.91. The van der Waals surface area contributed by atoms with Gasteiger partial charge in [0.25, 0.3) is 0 Å². The molecule has 2 heteroatoms. The largest absolute Gasteiger partial charge is 0.327 e. The average molecular weight is 122 g/mol. The van der Waals surface area contributed by atoms with Crippen molar-refractivity contribution in [2.45, 2.75) is 26.3 Å². The second kappa shape index (κ2) is 1.64. The zero-order valence-corrected chi connectivity index (χ0v) is 5.59. The van der Waals surface area contributed by atoms with Gasteiger partial charge in [0.05, 0.1) is 0 Å². The van der Waals surface area contributed by atoms with E-state index in [1.807, 2.05) is 0 Å². The highest BCUT2D eigenvalue weighted by Gasteiger charge is 2.42. The van der Waals surface area contributed by atoms with Crippen molar-refractivity contribution in [3.05, 3.63) is 0 Å². The fourth-order valence-corrected chi connectivity index (χ4v) is 0.508. The van der Waals surface area contributed by atoms with Crippen molar-refractivity contribution in [1.82, 2.24) is 0 Å². The fourth-order valence-electron chi connectivity index (χ4n) is 0.508. The summed E-state index contributed by atoms with van der Waals surface area (Å²) in [7, 11) is 0. The molecule has 1 saturated carbocycles. The Morgan fingerprint density at radius 1 is 1.57 bits per heavy atom. The summed E-state index contributed by atoms with van der Waals surface area (Å²) in [6.45, 7) is 4.38. The summed E-state index contributed by atoms with van der Waals surface area (Å²) in [5, 5.41) is 0. The molecule has 1 fully saturated rings. The Balaban J connectivity index is 0.000000360. The van der Waals surface area contributed by atoms with Gasteiger partial charge in [0.1, 0.15) is 0 Å². The van der Waals surface area contributed by atoms with Crippen LogP contribution in [0.3, 0.4) is 0 Å². The van der Waals surface area contributed by atoms with Crippen LogP contribution in [0.5, 0.6) is 0 Å². The Labute approximate surface area is 50.7 Å². The molecule has 1 aliphatic rings. The minimum Gasteiger partial charge on any atom is -0.327 e. The van der Waals surface area contributed by atoms with E-state index in [9.17, 15) is 0 Å². The van der Waals surface area contributed by atoms with E-state index in [0.29, 0.717) is 11.5 Å². The molecule has 0 aliphatic heterocycles. The number of rotatable bonds is 0. The van der Waals surface area contributed by atoms with E-state index in [0.717, 1.165) is 0 Å². The molecule has 0 aromatic rings. The first-order valence-electron chi connectivity index (χ1n) is 2.38. The molecule has 0 aromatic carbocycles. The predicted octanol–water partition coefficient (Wildman–Crippen LogP) is 1.17. The minimum atomic E-state index is 0. The van der Waals surface area contributed by atoms with Gasteiger partial charge in [0.2, 0.25) is 0 Å². The molecule has 0 bridgehead atoms. The SMILES string of the molecule is CC1(C)C[C@@H]1N.Cl. The van der Waals surface area contributed by atoms with Crippen LogP contribution in [0.25, 0.3) is 0 Å². The molecule has 1 atom stereocenters. The van der Waals surface area contributed by atoms with Gasteiger partial charge in [0, 0.05) is 6.04 Å². The summed E-state index contributed by atoms with van der Waals surface area (Å²) in [5.41, 5.74) is 5.99. The molecule has 0 spiro atoms. The Kier molecular flexibility index (Phi) is 1.70. The molecule has 0 saturated heterocycles. The lowest BCUT2D eigenvalue weighted by Crippen LogP contribution is -2.05. The van der Waals surface area contributed by atoms with Crippen molar-refractivity contribution in [2.75, 3.05) is 0 Å². The lowest BCUT2D eigenvalue weighted by molar-refractivity contribution is 0.618. The summed E-state index contributed by atoms with van der Waals surface area (Å²) in [5.74, 6) is 0. The molecule has 0 unspecified atom stereocenters. The molecule has 1 rings (SSSR count). The Hall–Kier alpha value is 0.250. The molecule has 7 heavy (non-hydrogen) atoms. The van der Waals surface area contributed by atoms with Crippen LogP contribution in [0.4, 0.5) is 0 Å². The van der Waals surface area contributed by atoms with Gasteiger partial charge in [-0.1, -0.05) is 13.8 Å². The van der Waals surface area contributed by atoms with Gasteiger partial charge in [0.15, 0.2) is 0 Å². The molecule has 0 amide bonds. The molecular weight excluding hydrogens is 110 g/mol. The van der Waals surface area contributed by atoms with E-state index < -0.39 is 0 Å². The summed E-state index contributed by atoms with van der Waals surface area (Å²) >= 11 is 0. The van der Waals surface area contributed by atoms with Gasteiger partial charge in [-0.3, -0.25) is 0 Å². The van der Waals surface area contributed by atoms with Gasteiger partial charge in [-0.05, 0) is 11.8 Å². The van der Waals surface area contributed by atoms with Crippen LogP contribution in [-0.2, 0) is 0 Å². The van der Waals surface area contributed by atoms with Crippen LogP contribution in [0.2, 0.25) is 0 Å². The third kappa shape index (κ3) is 1.32.